The van der Waals surface area contributed by atoms with Crippen molar-refractivity contribution in [2.24, 2.45) is 0 Å². The lowest BCUT2D eigenvalue weighted by atomic mass is 9.85. The molecule has 1 atom stereocenters. The van der Waals surface area contributed by atoms with Crippen LogP contribution in [0.15, 0.2) is 64.9 Å². The average Bonchev–Trinajstić information content (AvgIpc) is 3.34. The van der Waals surface area contributed by atoms with Crippen LogP contribution in [0.25, 0.3) is 0 Å². The molecule has 0 bridgehead atoms. The van der Waals surface area contributed by atoms with E-state index < -0.39 is 10.0 Å². The Labute approximate surface area is 238 Å². The lowest BCUT2D eigenvalue weighted by molar-refractivity contribution is -0.133. The third-order valence-corrected chi connectivity index (χ3v) is 10.6. The molecular weight excluding hydrogens is 524 g/mol. The normalized spacial score (nSPS) is 16.6. The zero-order chi connectivity index (χ0) is 28.8. The van der Waals surface area contributed by atoms with Gasteiger partial charge in [-0.3, -0.25) is 4.79 Å². The van der Waals surface area contributed by atoms with E-state index in [0.717, 1.165) is 23.1 Å². The van der Waals surface area contributed by atoms with Gasteiger partial charge in [0.25, 0.3) is 0 Å². The fourth-order valence-corrected chi connectivity index (χ4v) is 7.63. The summed E-state index contributed by atoms with van der Waals surface area (Å²) in [7, 11) is -3.86. The Morgan fingerprint density at radius 3 is 1.97 bits per heavy atom. The van der Waals surface area contributed by atoms with E-state index >= 15 is 0 Å². The van der Waals surface area contributed by atoms with Gasteiger partial charge in [0.2, 0.25) is 15.9 Å². The predicted octanol–water partition coefficient (Wildman–Crippen LogP) is 6.92. The minimum Gasteiger partial charge on any atom is -0.330 e. The monoisotopic (exact) mass is 566 g/mol. The van der Waals surface area contributed by atoms with Crippen molar-refractivity contribution in [3.05, 3.63) is 87.1 Å². The molecule has 7 heteroatoms. The van der Waals surface area contributed by atoms with Crippen molar-refractivity contribution in [2.75, 3.05) is 13.1 Å². The molecule has 0 saturated heterocycles. The highest BCUT2D eigenvalue weighted by molar-refractivity contribution is 7.89. The first-order valence-corrected chi connectivity index (χ1v) is 16.0. The molecule has 1 aliphatic rings. The highest BCUT2D eigenvalue weighted by Crippen LogP contribution is 2.39. The van der Waals surface area contributed by atoms with E-state index in [1.165, 1.54) is 14.7 Å². The van der Waals surface area contributed by atoms with Gasteiger partial charge in [0.1, 0.15) is 0 Å². The van der Waals surface area contributed by atoms with Crippen molar-refractivity contribution in [1.82, 2.24) is 9.21 Å². The average molecular weight is 567 g/mol. The second kappa shape index (κ2) is 10.8. The second-order valence-corrected chi connectivity index (χ2v) is 15.7. The van der Waals surface area contributed by atoms with Gasteiger partial charge in [0.05, 0.1) is 17.5 Å². The first-order chi connectivity index (χ1) is 18.1. The number of thiophene rings is 1. The van der Waals surface area contributed by atoms with Gasteiger partial charge in [-0.05, 0) is 76.9 Å². The molecule has 0 spiro atoms. The van der Waals surface area contributed by atoms with E-state index in [1.807, 2.05) is 30.9 Å². The molecule has 2 heterocycles. The zero-order valence-electron chi connectivity index (χ0n) is 24.5. The molecule has 0 saturated carbocycles. The van der Waals surface area contributed by atoms with Crippen molar-refractivity contribution in [3.8, 4) is 0 Å². The van der Waals surface area contributed by atoms with E-state index in [4.69, 9.17) is 0 Å². The molecule has 0 aliphatic carbocycles. The number of nitrogens with zero attached hydrogens (tertiary/aromatic N) is 2. The summed E-state index contributed by atoms with van der Waals surface area (Å²) in [5, 5.41) is 2.08. The molecule has 1 unspecified atom stereocenters. The third-order valence-electron chi connectivity index (χ3n) is 7.57. The Kier molecular flexibility index (Phi) is 8.19. The van der Waals surface area contributed by atoms with E-state index in [0.29, 0.717) is 6.54 Å². The van der Waals surface area contributed by atoms with Crippen molar-refractivity contribution in [3.63, 3.8) is 0 Å². The van der Waals surface area contributed by atoms with Gasteiger partial charge >= 0.3 is 0 Å². The molecule has 0 N–H and O–H groups in total. The summed E-state index contributed by atoms with van der Waals surface area (Å²) in [4.78, 5) is 17.3. The quantitative estimate of drug-likeness (QED) is 0.326. The standard InChI is InChI=1S/C32H42N2O3S2/c1-22(2)34(39(36,37)26-15-13-25(14-16-26)32(6,7)8)21-29(35)33-19-17-28-27(18-20-38-28)30(33)23-9-11-24(12-10-23)31(3,4)5/h9-16,18,20,22,30H,17,19,21H2,1-8H3. The van der Waals surface area contributed by atoms with E-state index in [9.17, 15) is 13.2 Å². The number of carbonyl (C=O) groups excluding carboxylic acids is 1. The predicted molar refractivity (Wildman–Crippen MR) is 161 cm³/mol. The summed E-state index contributed by atoms with van der Waals surface area (Å²) in [5.74, 6) is -0.180. The number of amides is 1. The number of hydrogen-bond donors (Lipinski definition) is 0. The van der Waals surface area contributed by atoms with Gasteiger partial charge in [-0.2, -0.15) is 4.31 Å². The van der Waals surface area contributed by atoms with Crippen LogP contribution in [0, 0.1) is 0 Å². The van der Waals surface area contributed by atoms with Crippen LogP contribution in [-0.4, -0.2) is 42.7 Å². The Morgan fingerprint density at radius 2 is 1.46 bits per heavy atom. The molecule has 210 valence electrons. The van der Waals surface area contributed by atoms with Crippen molar-refractivity contribution in [2.45, 2.75) is 89.6 Å². The summed E-state index contributed by atoms with van der Waals surface area (Å²) in [6, 6.07) is 17.1. The molecule has 1 aromatic heterocycles. The number of benzene rings is 2. The Morgan fingerprint density at radius 1 is 0.923 bits per heavy atom. The van der Waals surface area contributed by atoms with Crippen LogP contribution in [0.3, 0.4) is 0 Å². The molecule has 0 fully saturated rings. The van der Waals surface area contributed by atoms with Crippen LogP contribution in [0.4, 0.5) is 0 Å². The van der Waals surface area contributed by atoms with Crippen molar-refractivity contribution < 1.29 is 13.2 Å². The smallest absolute Gasteiger partial charge is 0.243 e. The van der Waals surface area contributed by atoms with Crippen LogP contribution in [0.5, 0.6) is 0 Å². The fourth-order valence-electron chi connectivity index (χ4n) is 5.14. The lowest BCUT2D eigenvalue weighted by Gasteiger charge is -2.38. The molecule has 0 radical (unpaired) electrons. The molecular formula is C32H42N2O3S2. The highest BCUT2D eigenvalue weighted by Gasteiger charge is 2.36. The van der Waals surface area contributed by atoms with Crippen LogP contribution in [0.2, 0.25) is 0 Å². The maximum Gasteiger partial charge on any atom is 0.243 e. The minimum absolute atomic E-state index is 0.0331. The van der Waals surface area contributed by atoms with E-state index in [-0.39, 0.29) is 40.3 Å². The lowest BCUT2D eigenvalue weighted by Crippen LogP contribution is -2.48. The van der Waals surface area contributed by atoms with Crippen molar-refractivity contribution >= 4 is 27.3 Å². The molecule has 3 aromatic rings. The fraction of sp³-hybridized carbons (Fsp3) is 0.469. The maximum absolute atomic E-state index is 13.9. The second-order valence-electron chi connectivity index (χ2n) is 12.8. The van der Waals surface area contributed by atoms with Gasteiger partial charge in [0.15, 0.2) is 0 Å². The molecule has 1 aliphatic heterocycles. The third kappa shape index (κ3) is 6.16. The van der Waals surface area contributed by atoms with Gasteiger partial charge in [-0.1, -0.05) is 77.9 Å². The number of sulfonamides is 1. The molecule has 2 aromatic carbocycles. The Balaban J connectivity index is 1.65. The summed E-state index contributed by atoms with van der Waals surface area (Å²) in [6.45, 7) is 16.9. The topological polar surface area (TPSA) is 57.7 Å². The maximum atomic E-state index is 13.9. The number of hydrogen-bond acceptors (Lipinski definition) is 4. The first kappa shape index (κ1) is 29.5. The Hall–Kier alpha value is -2.48. The van der Waals surface area contributed by atoms with Crippen LogP contribution in [0.1, 0.15) is 88.6 Å². The van der Waals surface area contributed by atoms with E-state index in [2.05, 4.69) is 77.3 Å². The van der Waals surface area contributed by atoms with Crippen LogP contribution in [-0.2, 0) is 32.1 Å². The van der Waals surface area contributed by atoms with Gasteiger partial charge in [-0.25, -0.2) is 8.42 Å². The van der Waals surface area contributed by atoms with Gasteiger partial charge in [0, 0.05) is 17.5 Å². The number of fused-ring (bicyclic) bond motifs is 1. The molecule has 1 amide bonds. The van der Waals surface area contributed by atoms with E-state index in [1.54, 1.807) is 23.5 Å². The van der Waals surface area contributed by atoms with Gasteiger partial charge < -0.3 is 4.90 Å². The van der Waals surface area contributed by atoms with Gasteiger partial charge in [-0.15, -0.1) is 11.3 Å². The molecule has 4 rings (SSSR count). The number of carbonyl (C=O) groups is 1. The Bertz CT molecular complexity index is 1410. The minimum atomic E-state index is -3.86. The summed E-state index contributed by atoms with van der Waals surface area (Å²) in [6.07, 6.45) is 0.776. The largest absolute Gasteiger partial charge is 0.330 e. The molecule has 39 heavy (non-hydrogen) atoms. The summed E-state index contributed by atoms with van der Waals surface area (Å²) >= 11 is 1.72. The SMILES string of the molecule is CC(C)N(CC(=O)N1CCc2sccc2C1c1ccc(C(C)(C)C)cc1)S(=O)(=O)c1ccc(C(C)(C)C)cc1. The van der Waals surface area contributed by atoms with Crippen LogP contribution >= 0.6 is 11.3 Å². The highest BCUT2D eigenvalue weighted by atomic mass is 32.2. The number of rotatable bonds is 6. The van der Waals surface area contributed by atoms with Crippen LogP contribution < -0.4 is 0 Å². The van der Waals surface area contributed by atoms with Crippen molar-refractivity contribution in [1.29, 1.82) is 0 Å². The zero-order valence-corrected chi connectivity index (χ0v) is 26.1. The molecule has 5 nitrogen and oxygen atoms in total. The summed E-state index contributed by atoms with van der Waals surface area (Å²) < 4.78 is 28.8. The summed E-state index contributed by atoms with van der Waals surface area (Å²) in [5.41, 5.74) is 4.44. The first-order valence-electron chi connectivity index (χ1n) is 13.7.